The summed E-state index contributed by atoms with van der Waals surface area (Å²) >= 11 is 9.19. The van der Waals surface area contributed by atoms with Gasteiger partial charge in [-0.25, -0.2) is 4.39 Å². The molecule has 2 rings (SSSR count). The first kappa shape index (κ1) is 14.5. The molecular formula is C13H13BrClFN2O. The number of rotatable bonds is 3. The fraction of sp³-hybridized carbons (Fsp3) is 0.308. The van der Waals surface area contributed by atoms with Crippen LogP contribution in [-0.2, 0) is 13.5 Å². The summed E-state index contributed by atoms with van der Waals surface area (Å²) in [5.74, 6) is -0.398. The molecule has 1 unspecified atom stereocenters. The van der Waals surface area contributed by atoms with Crippen molar-refractivity contribution in [3.05, 3.63) is 50.5 Å². The summed E-state index contributed by atoms with van der Waals surface area (Å²) in [5.41, 5.74) is 2.06. The maximum atomic E-state index is 13.4. The third-order valence-corrected chi connectivity index (χ3v) is 4.11. The van der Waals surface area contributed by atoms with Crippen molar-refractivity contribution in [2.24, 2.45) is 7.05 Å². The summed E-state index contributed by atoms with van der Waals surface area (Å²) in [6.45, 7) is 1.83. The van der Waals surface area contributed by atoms with Crippen LogP contribution in [0.15, 0.2) is 22.7 Å². The summed E-state index contributed by atoms with van der Waals surface area (Å²) in [4.78, 5) is 0. The summed E-state index contributed by atoms with van der Waals surface area (Å²) in [5, 5.41) is 14.8. The Bertz CT molecular complexity index is 615. The molecule has 6 heteroatoms. The van der Waals surface area contributed by atoms with Gasteiger partial charge in [-0.15, -0.1) is 0 Å². The van der Waals surface area contributed by atoms with Gasteiger partial charge in [-0.1, -0.05) is 17.7 Å². The molecule has 0 fully saturated rings. The van der Waals surface area contributed by atoms with E-state index < -0.39 is 11.9 Å². The first-order valence-corrected chi connectivity index (χ1v) is 6.88. The second-order valence-corrected chi connectivity index (χ2v) is 5.58. The minimum atomic E-state index is -0.817. The van der Waals surface area contributed by atoms with Crippen LogP contribution in [0.25, 0.3) is 0 Å². The number of nitrogens with zero attached hydrogens (tertiary/aromatic N) is 2. The van der Waals surface area contributed by atoms with Crippen LogP contribution in [0, 0.1) is 12.7 Å². The van der Waals surface area contributed by atoms with Crippen LogP contribution in [0.4, 0.5) is 4.39 Å². The summed E-state index contributed by atoms with van der Waals surface area (Å²) in [6, 6.07) is 4.57. The molecule has 1 aromatic carbocycles. The quantitative estimate of drug-likeness (QED) is 0.922. The van der Waals surface area contributed by atoms with E-state index in [4.69, 9.17) is 11.6 Å². The molecule has 0 radical (unpaired) electrons. The minimum Gasteiger partial charge on any atom is -0.388 e. The van der Waals surface area contributed by atoms with Gasteiger partial charge in [-0.05, 0) is 40.5 Å². The molecule has 0 aliphatic heterocycles. The van der Waals surface area contributed by atoms with Crippen LogP contribution in [0.2, 0.25) is 5.15 Å². The van der Waals surface area contributed by atoms with E-state index in [1.165, 1.54) is 6.07 Å². The van der Waals surface area contributed by atoms with E-state index in [1.54, 1.807) is 23.9 Å². The van der Waals surface area contributed by atoms with Gasteiger partial charge in [0.2, 0.25) is 0 Å². The van der Waals surface area contributed by atoms with Crippen molar-refractivity contribution in [1.29, 1.82) is 0 Å². The lowest BCUT2D eigenvalue weighted by Crippen LogP contribution is -2.03. The fourth-order valence-electron chi connectivity index (χ4n) is 1.94. The fourth-order valence-corrected chi connectivity index (χ4v) is 2.43. The van der Waals surface area contributed by atoms with Gasteiger partial charge >= 0.3 is 0 Å². The second-order valence-electron chi connectivity index (χ2n) is 4.37. The molecule has 1 N–H and O–H groups in total. The van der Waals surface area contributed by atoms with Crippen molar-refractivity contribution in [2.45, 2.75) is 19.4 Å². The molecule has 0 bridgehead atoms. The van der Waals surface area contributed by atoms with E-state index >= 15 is 0 Å². The third-order valence-electron chi connectivity index (χ3n) is 3.00. The zero-order chi connectivity index (χ0) is 14.2. The number of benzene rings is 1. The summed E-state index contributed by atoms with van der Waals surface area (Å²) in [6.07, 6.45) is -0.512. The van der Waals surface area contributed by atoms with Gasteiger partial charge in [-0.3, -0.25) is 4.68 Å². The van der Waals surface area contributed by atoms with E-state index in [-0.39, 0.29) is 0 Å². The van der Waals surface area contributed by atoms with Gasteiger partial charge in [0, 0.05) is 19.0 Å². The highest BCUT2D eigenvalue weighted by Crippen LogP contribution is 2.27. The molecule has 1 heterocycles. The predicted molar refractivity (Wildman–Crippen MR) is 75.7 cm³/mol. The van der Waals surface area contributed by atoms with E-state index in [1.807, 2.05) is 6.92 Å². The molecule has 1 atom stereocenters. The number of aromatic nitrogens is 2. The molecule has 0 aliphatic carbocycles. The van der Waals surface area contributed by atoms with Crippen molar-refractivity contribution in [3.63, 3.8) is 0 Å². The average Bonchev–Trinajstić information content (AvgIpc) is 2.59. The Morgan fingerprint density at radius 1 is 1.53 bits per heavy atom. The number of hydrogen-bond acceptors (Lipinski definition) is 2. The average molecular weight is 348 g/mol. The highest BCUT2D eigenvalue weighted by atomic mass is 79.9. The van der Waals surface area contributed by atoms with Crippen molar-refractivity contribution in [1.82, 2.24) is 9.78 Å². The molecule has 3 nitrogen and oxygen atoms in total. The van der Waals surface area contributed by atoms with Gasteiger partial charge in [0.25, 0.3) is 0 Å². The highest BCUT2D eigenvalue weighted by Gasteiger charge is 2.17. The molecule has 2 aromatic rings. The topological polar surface area (TPSA) is 38.0 Å². The third kappa shape index (κ3) is 2.99. The Morgan fingerprint density at radius 3 is 2.74 bits per heavy atom. The zero-order valence-corrected chi connectivity index (χ0v) is 12.8. The monoisotopic (exact) mass is 346 g/mol. The van der Waals surface area contributed by atoms with E-state index in [0.717, 1.165) is 11.3 Å². The Kier molecular flexibility index (Phi) is 4.28. The van der Waals surface area contributed by atoms with Crippen molar-refractivity contribution in [2.75, 3.05) is 0 Å². The van der Waals surface area contributed by atoms with Crippen LogP contribution in [0.3, 0.4) is 0 Å². The molecule has 1 aromatic heterocycles. The minimum absolute atomic E-state index is 0.305. The lowest BCUT2D eigenvalue weighted by Gasteiger charge is -2.11. The van der Waals surface area contributed by atoms with Crippen LogP contribution in [-0.4, -0.2) is 14.9 Å². The largest absolute Gasteiger partial charge is 0.388 e. The Balaban J connectivity index is 2.25. The molecular weight excluding hydrogens is 335 g/mol. The maximum absolute atomic E-state index is 13.4. The molecule has 0 spiro atoms. The molecule has 102 valence electrons. The SMILES string of the molecule is Cc1nn(C)c(Cl)c1CC(O)c1ccc(Br)c(F)c1. The van der Waals surface area contributed by atoms with Crippen LogP contribution in [0.5, 0.6) is 0 Å². The molecule has 0 saturated heterocycles. The Labute approximate surface area is 124 Å². The normalized spacial score (nSPS) is 12.7. The molecule has 19 heavy (non-hydrogen) atoms. The van der Waals surface area contributed by atoms with E-state index in [2.05, 4.69) is 21.0 Å². The van der Waals surface area contributed by atoms with Crippen molar-refractivity contribution < 1.29 is 9.50 Å². The molecule has 0 saturated carbocycles. The van der Waals surface area contributed by atoms with Gasteiger partial charge in [-0.2, -0.15) is 5.10 Å². The van der Waals surface area contributed by atoms with Gasteiger partial charge in [0.05, 0.1) is 16.3 Å². The zero-order valence-electron chi connectivity index (χ0n) is 10.5. The lowest BCUT2D eigenvalue weighted by molar-refractivity contribution is 0.178. The second kappa shape index (κ2) is 5.61. The Morgan fingerprint density at radius 2 is 2.21 bits per heavy atom. The molecule has 0 amide bonds. The number of hydrogen-bond donors (Lipinski definition) is 1. The van der Waals surface area contributed by atoms with Crippen LogP contribution in [0.1, 0.15) is 22.9 Å². The van der Waals surface area contributed by atoms with Crippen LogP contribution >= 0.6 is 27.5 Å². The summed E-state index contributed by atoms with van der Waals surface area (Å²) < 4.78 is 15.4. The maximum Gasteiger partial charge on any atom is 0.137 e. The predicted octanol–water partition coefficient (Wildman–Crippen LogP) is 3.56. The number of aryl methyl sites for hydroxylation is 2. The smallest absolute Gasteiger partial charge is 0.137 e. The van der Waals surface area contributed by atoms with Gasteiger partial charge in [0.1, 0.15) is 11.0 Å². The summed E-state index contributed by atoms with van der Waals surface area (Å²) in [7, 11) is 1.74. The standard InChI is InChI=1S/C13H13BrClFN2O/c1-7-9(13(15)18(2)17-7)6-12(19)8-3-4-10(14)11(16)5-8/h3-5,12,19H,6H2,1-2H3. The molecule has 0 aliphatic rings. The van der Waals surface area contributed by atoms with Crippen LogP contribution < -0.4 is 0 Å². The van der Waals surface area contributed by atoms with E-state index in [9.17, 15) is 9.50 Å². The first-order chi connectivity index (χ1) is 8.90. The highest BCUT2D eigenvalue weighted by molar-refractivity contribution is 9.10. The number of halogens is 3. The van der Waals surface area contributed by atoms with Crippen molar-refractivity contribution in [3.8, 4) is 0 Å². The van der Waals surface area contributed by atoms with E-state index in [0.29, 0.717) is 21.6 Å². The Hall–Kier alpha value is -0.910. The lowest BCUT2D eigenvalue weighted by atomic mass is 10.0. The van der Waals surface area contributed by atoms with Gasteiger partial charge < -0.3 is 5.11 Å². The number of aliphatic hydroxyl groups excluding tert-OH is 1. The number of aliphatic hydroxyl groups is 1. The first-order valence-electron chi connectivity index (χ1n) is 5.71. The van der Waals surface area contributed by atoms with Crippen molar-refractivity contribution >= 4 is 27.5 Å². The van der Waals surface area contributed by atoms with Gasteiger partial charge in [0.15, 0.2) is 0 Å².